The second-order valence-corrected chi connectivity index (χ2v) is 7.37. The number of amides is 2. The second-order valence-electron chi connectivity index (χ2n) is 6.51. The van der Waals surface area contributed by atoms with Gasteiger partial charge in [0.05, 0.1) is 5.92 Å². The SMILES string of the molecule is Cc1cc(N2CC(C(=O)N3CCC(CN)C3)CC2=O)ccc1Br. The standard InChI is InChI=1S/C17H22BrN3O2/c1-11-6-14(2-3-15(11)18)21-10-13(7-16(21)22)17(23)20-5-4-12(8-19)9-20/h2-3,6,12-13H,4-5,7-10,19H2,1H3. The zero-order valence-electron chi connectivity index (χ0n) is 13.3. The van der Waals surface area contributed by atoms with Crippen molar-refractivity contribution in [2.45, 2.75) is 19.8 Å². The molecule has 2 atom stereocenters. The van der Waals surface area contributed by atoms with E-state index in [4.69, 9.17) is 5.73 Å². The fraction of sp³-hybridized carbons (Fsp3) is 0.529. The van der Waals surface area contributed by atoms with Crippen molar-refractivity contribution in [1.29, 1.82) is 0 Å². The second kappa shape index (κ2) is 6.61. The minimum Gasteiger partial charge on any atom is -0.342 e. The van der Waals surface area contributed by atoms with Gasteiger partial charge in [0.25, 0.3) is 0 Å². The van der Waals surface area contributed by atoms with E-state index in [0.717, 1.165) is 35.2 Å². The van der Waals surface area contributed by atoms with Crippen molar-refractivity contribution in [1.82, 2.24) is 4.90 Å². The quantitative estimate of drug-likeness (QED) is 0.871. The number of aryl methyl sites for hydroxylation is 1. The Balaban J connectivity index is 1.69. The van der Waals surface area contributed by atoms with E-state index < -0.39 is 0 Å². The molecule has 0 spiro atoms. The van der Waals surface area contributed by atoms with Gasteiger partial charge >= 0.3 is 0 Å². The molecule has 5 nitrogen and oxygen atoms in total. The number of hydrogen-bond acceptors (Lipinski definition) is 3. The maximum atomic E-state index is 12.7. The first-order chi connectivity index (χ1) is 11.0. The molecule has 2 N–H and O–H groups in total. The van der Waals surface area contributed by atoms with Crippen LogP contribution in [0.25, 0.3) is 0 Å². The highest BCUT2D eigenvalue weighted by Crippen LogP contribution is 2.30. The maximum absolute atomic E-state index is 12.7. The number of halogens is 1. The van der Waals surface area contributed by atoms with Crippen LogP contribution in [0.2, 0.25) is 0 Å². The predicted octanol–water partition coefficient (Wildman–Crippen LogP) is 1.92. The van der Waals surface area contributed by atoms with Gasteiger partial charge in [0.2, 0.25) is 11.8 Å². The number of nitrogens with zero attached hydrogens (tertiary/aromatic N) is 2. The summed E-state index contributed by atoms with van der Waals surface area (Å²) in [5.41, 5.74) is 7.64. The van der Waals surface area contributed by atoms with Gasteiger partial charge in [-0.3, -0.25) is 9.59 Å². The third kappa shape index (κ3) is 3.28. The largest absolute Gasteiger partial charge is 0.342 e. The first kappa shape index (κ1) is 16.5. The summed E-state index contributed by atoms with van der Waals surface area (Å²) in [4.78, 5) is 28.6. The van der Waals surface area contributed by atoms with Crippen molar-refractivity contribution < 1.29 is 9.59 Å². The monoisotopic (exact) mass is 379 g/mol. The van der Waals surface area contributed by atoms with Crippen LogP contribution in [0.15, 0.2) is 22.7 Å². The molecule has 1 aromatic rings. The molecule has 0 aromatic heterocycles. The Labute approximate surface area is 144 Å². The minimum absolute atomic E-state index is 0.0274. The summed E-state index contributed by atoms with van der Waals surface area (Å²) in [6.07, 6.45) is 1.27. The van der Waals surface area contributed by atoms with E-state index in [1.165, 1.54) is 0 Å². The summed E-state index contributed by atoms with van der Waals surface area (Å²) in [6, 6.07) is 5.84. The zero-order valence-corrected chi connectivity index (χ0v) is 14.9. The van der Waals surface area contributed by atoms with Gasteiger partial charge in [-0.1, -0.05) is 15.9 Å². The van der Waals surface area contributed by atoms with Crippen LogP contribution in [-0.2, 0) is 9.59 Å². The van der Waals surface area contributed by atoms with Crippen LogP contribution in [0.1, 0.15) is 18.4 Å². The van der Waals surface area contributed by atoms with Crippen LogP contribution < -0.4 is 10.6 Å². The van der Waals surface area contributed by atoms with Crippen molar-refractivity contribution in [2.24, 2.45) is 17.6 Å². The lowest BCUT2D eigenvalue weighted by atomic mass is 10.1. The lowest BCUT2D eigenvalue weighted by Crippen LogP contribution is -2.36. The topological polar surface area (TPSA) is 66.6 Å². The molecule has 2 fully saturated rings. The third-order valence-electron chi connectivity index (χ3n) is 4.86. The molecule has 0 saturated carbocycles. The van der Waals surface area contributed by atoms with Gasteiger partial charge in [0.1, 0.15) is 0 Å². The van der Waals surface area contributed by atoms with Gasteiger partial charge < -0.3 is 15.5 Å². The minimum atomic E-state index is -0.233. The summed E-state index contributed by atoms with van der Waals surface area (Å²) in [5, 5.41) is 0. The normalized spacial score (nSPS) is 24.6. The number of anilines is 1. The molecule has 2 aliphatic heterocycles. The van der Waals surface area contributed by atoms with Crippen LogP contribution in [0, 0.1) is 18.8 Å². The van der Waals surface area contributed by atoms with Crippen LogP contribution in [-0.4, -0.2) is 42.9 Å². The first-order valence-corrected chi connectivity index (χ1v) is 8.84. The Morgan fingerprint density at radius 2 is 2.17 bits per heavy atom. The van der Waals surface area contributed by atoms with Gasteiger partial charge in [0.15, 0.2) is 0 Å². The summed E-state index contributed by atoms with van der Waals surface area (Å²) in [7, 11) is 0. The summed E-state index contributed by atoms with van der Waals surface area (Å²) < 4.78 is 1.02. The van der Waals surface area contributed by atoms with Crippen molar-refractivity contribution in [2.75, 3.05) is 31.1 Å². The van der Waals surface area contributed by atoms with Crippen LogP contribution in [0.4, 0.5) is 5.69 Å². The van der Waals surface area contributed by atoms with Crippen molar-refractivity contribution >= 4 is 33.4 Å². The fourth-order valence-electron chi connectivity index (χ4n) is 3.40. The maximum Gasteiger partial charge on any atom is 0.228 e. The van der Waals surface area contributed by atoms with E-state index >= 15 is 0 Å². The van der Waals surface area contributed by atoms with Crippen LogP contribution >= 0.6 is 15.9 Å². The van der Waals surface area contributed by atoms with E-state index in [9.17, 15) is 9.59 Å². The van der Waals surface area contributed by atoms with E-state index in [2.05, 4.69) is 15.9 Å². The molecule has 6 heteroatoms. The van der Waals surface area contributed by atoms with Gasteiger partial charge in [-0.15, -0.1) is 0 Å². The molecule has 2 unspecified atom stereocenters. The van der Waals surface area contributed by atoms with E-state index in [1.54, 1.807) is 4.90 Å². The summed E-state index contributed by atoms with van der Waals surface area (Å²) in [6.45, 7) is 4.59. The number of benzene rings is 1. The van der Waals surface area contributed by atoms with Gasteiger partial charge in [-0.2, -0.15) is 0 Å². The number of carbonyl (C=O) groups excluding carboxylic acids is 2. The molecule has 0 radical (unpaired) electrons. The van der Waals surface area contributed by atoms with Gasteiger partial charge in [-0.05, 0) is 49.6 Å². The number of nitrogens with two attached hydrogens (primary N) is 1. The first-order valence-electron chi connectivity index (χ1n) is 8.05. The van der Waals surface area contributed by atoms with Crippen molar-refractivity contribution in [3.05, 3.63) is 28.2 Å². The highest BCUT2D eigenvalue weighted by atomic mass is 79.9. The summed E-state index contributed by atoms with van der Waals surface area (Å²) in [5.74, 6) is 0.300. The molecule has 2 amide bonds. The van der Waals surface area contributed by atoms with E-state index in [1.807, 2.05) is 30.0 Å². The number of carbonyl (C=O) groups is 2. The number of hydrogen-bond donors (Lipinski definition) is 1. The highest BCUT2D eigenvalue weighted by molar-refractivity contribution is 9.10. The Kier molecular flexibility index (Phi) is 4.73. The smallest absolute Gasteiger partial charge is 0.228 e. The molecule has 1 aromatic carbocycles. The Bertz CT molecular complexity index is 634. The molecule has 2 saturated heterocycles. The number of likely N-dealkylation sites (tertiary alicyclic amines) is 1. The Morgan fingerprint density at radius 1 is 1.39 bits per heavy atom. The molecule has 124 valence electrons. The third-order valence-corrected chi connectivity index (χ3v) is 5.75. The molecule has 2 heterocycles. The molecular formula is C17H22BrN3O2. The molecule has 2 aliphatic rings. The molecule has 0 aliphatic carbocycles. The molecular weight excluding hydrogens is 358 g/mol. The average Bonchev–Trinajstić information content (AvgIpc) is 3.16. The Morgan fingerprint density at radius 3 is 2.83 bits per heavy atom. The molecule has 3 rings (SSSR count). The van der Waals surface area contributed by atoms with E-state index in [0.29, 0.717) is 25.4 Å². The highest BCUT2D eigenvalue weighted by Gasteiger charge is 2.38. The lowest BCUT2D eigenvalue weighted by Gasteiger charge is -2.21. The van der Waals surface area contributed by atoms with Crippen LogP contribution in [0.3, 0.4) is 0 Å². The average molecular weight is 380 g/mol. The van der Waals surface area contributed by atoms with Gasteiger partial charge in [0, 0.05) is 36.2 Å². The molecule has 23 heavy (non-hydrogen) atoms. The fourth-order valence-corrected chi connectivity index (χ4v) is 3.65. The Hall–Kier alpha value is -1.40. The predicted molar refractivity (Wildman–Crippen MR) is 93.1 cm³/mol. The van der Waals surface area contributed by atoms with Gasteiger partial charge in [-0.25, -0.2) is 0 Å². The van der Waals surface area contributed by atoms with Crippen molar-refractivity contribution in [3.63, 3.8) is 0 Å². The van der Waals surface area contributed by atoms with Crippen molar-refractivity contribution in [3.8, 4) is 0 Å². The zero-order chi connectivity index (χ0) is 16.6. The summed E-state index contributed by atoms with van der Waals surface area (Å²) >= 11 is 3.47. The van der Waals surface area contributed by atoms with Crippen LogP contribution in [0.5, 0.6) is 0 Å². The molecule has 0 bridgehead atoms. The number of rotatable bonds is 3. The van der Waals surface area contributed by atoms with E-state index in [-0.39, 0.29) is 17.7 Å². The lowest BCUT2D eigenvalue weighted by molar-refractivity contribution is -0.134.